The average molecular weight is 325 g/mol. The molecule has 1 N–H and O–H groups in total. The molecule has 0 unspecified atom stereocenters. The number of hydrogen-bond donors (Lipinski definition) is 1. The Labute approximate surface area is 134 Å². The standard InChI is InChI=1S/C15H23N3O3S/c1-2-4-11-13(22-17-16-11)14(20)18-8-6-15(7-9-18)12(19)5-3-10-21-15/h12,19H,2-10H2,1H3/t12-/m0/s1. The van der Waals surface area contributed by atoms with Crippen LogP contribution < -0.4 is 0 Å². The number of piperidine rings is 1. The van der Waals surface area contributed by atoms with Gasteiger partial charge in [-0.2, -0.15) is 0 Å². The number of ether oxygens (including phenoxy) is 1. The van der Waals surface area contributed by atoms with Gasteiger partial charge in [-0.15, -0.1) is 5.10 Å². The van der Waals surface area contributed by atoms with E-state index < -0.39 is 11.7 Å². The van der Waals surface area contributed by atoms with E-state index in [1.807, 2.05) is 4.90 Å². The van der Waals surface area contributed by atoms with E-state index in [0.717, 1.165) is 31.4 Å². The van der Waals surface area contributed by atoms with Gasteiger partial charge >= 0.3 is 0 Å². The molecule has 22 heavy (non-hydrogen) atoms. The van der Waals surface area contributed by atoms with E-state index >= 15 is 0 Å². The first-order valence-electron chi connectivity index (χ1n) is 8.09. The van der Waals surface area contributed by atoms with Gasteiger partial charge in [0.25, 0.3) is 5.91 Å². The molecule has 3 heterocycles. The van der Waals surface area contributed by atoms with Gasteiger partial charge in [-0.1, -0.05) is 17.8 Å². The third-order valence-corrected chi connectivity index (χ3v) is 5.51. The smallest absolute Gasteiger partial charge is 0.267 e. The molecule has 0 radical (unpaired) electrons. The van der Waals surface area contributed by atoms with Crippen molar-refractivity contribution in [3.8, 4) is 0 Å². The molecule has 2 aliphatic heterocycles. The fourth-order valence-electron chi connectivity index (χ4n) is 3.39. The van der Waals surface area contributed by atoms with Crippen molar-refractivity contribution in [2.75, 3.05) is 19.7 Å². The Kier molecular flexibility index (Phi) is 4.75. The van der Waals surface area contributed by atoms with Crippen molar-refractivity contribution in [1.29, 1.82) is 0 Å². The van der Waals surface area contributed by atoms with Crippen molar-refractivity contribution in [3.63, 3.8) is 0 Å². The summed E-state index contributed by atoms with van der Waals surface area (Å²) < 4.78 is 9.82. The summed E-state index contributed by atoms with van der Waals surface area (Å²) in [7, 11) is 0. The first-order valence-corrected chi connectivity index (χ1v) is 8.86. The lowest BCUT2D eigenvalue weighted by Gasteiger charge is -2.46. The Morgan fingerprint density at radius 2 is 2.27 bits per heavy atom. The molecule has 2 fully saturated rings. The number of carbonyl (C=O) groups is 1. The predicted molar refractivity (Wildman–Crippen MR) is 83.0 cm³/mol. The van der Waals surface area contributed by atoms with Gasteiger partial charge in [0.05, 0.1) is 17.4 Å². The molecule has 2 aliphatic rings. The van der Waals surface area contributed by atoms with Crippen LogP contribution in [0.1, 0.15) is 54.4 Å². The normalized spacial score (nSPS) is 24.6. The summed E-state index contributed by atoms with van der Waals surface area (Å²) in [4.78, 5) is 15.2. The minimum absolute atomic E-state index is 0.0265. The van der Waals surface area contributed by atoms with Crippen LogP contribution in [0.2, 0.25) is 0 Å². The van der Waals surface area contributed by atoms with Crippen molar-refractivity contribution >= 4 is 17.4 Å². The SMILES string of the molecule is CCCc1nnsc1C(=O)N1CCC2(CC1)OCCC[C@@H]2O. The zero-order valence-corrected chi connectivity index (χ0v) is 13.8. The van der Waals surface area contributed by atoms with Gasteiger partial charge in [-0.25, -0.2) is 0 Å². The minimum atomic E-state index is -0.437. The number of aliphatic hydroxyl groups is 1. The molecule has 0 saturated carbocycles. The number of carbonyl (C=O) groups excluding carboxylic acids is 1. The molecule has 6 nitrogen and oxygen atoms in total. The molecule has 0 bridgehead atoms. The monoisotopic (exact) mass is 325 g/mol. The Hall–Kier alpha value is -1.05. The number of nitrogens with zero attached hydrogens (tertiary/aromatic N) is 3. The van der Waals surface area contributed by atoms with Crippen molar-refractivity contribution < 1.29 is 14.6 Å². The summed E-state index contributed by atoms with van der Waals surface area (Å²) in [5.74, 6) is 0.0265. The first kappa shape index (κ1) is 15.8. The summed E-state index contributed by atoms with van der Waals surface area (Å²) in [6.45, 7) is 4.03. The van der Waals surface area contributed by atoms with Gasteiger partial charge in [0, 0.05) is 19.7 Å². The van der Waals surface area contributed by atoms with Crippen molar-refractivity contribution in [1.82, 2.24) is 14.5 Å². The van der Waals surface area contributed by atoms with Gasteiger partial charge in [0.1, 0.15) is 4.88 Å². The van der Waals surface area contributed by atoms with E-state index in [1.165, 1.54) is 11.5 Å². The van der Waals surface area contributed by atoms with E-state index in [0.29, 0.717) is 37.4 Å². The second kappa shape index (κ2) is 6.60. The lowest BCUT2D eigenvalue weighted by molar-refractivity contribution is -0.174. The van der Waals surface area contributed by atoms with Crippen LogP contribution in [0.5, 0.6) is 0 Å². The number of amides is 1. The minimum Gasteiger partial charge on any atom is -0.390 e. The number of hydrogen-bond acceptors (Lipinski definition) is 6. The first-order chi connectivity index (χ1) is 10.7. The highest BCUT2D eigenvalue weighted by Gasteiger charge is 2.44. The topological polar surface area (TPSA) is 75.6 Å². The molecule has 122 valence electrons. The molecule has 1 amide bonds. The highest BCUT2D eigenvalue weighted by Crippen LogP contribution is 2.35. The van der Waals surface area contributed by atoms with Crippen molar-refractivity contribution in [3.05, 3.63) is 10.6 Å². The van der Waals surface area contributed by atoms with Gasteiger partial charge < -0.3 is 14.7 Å². The molecule has 0 aliphatic carbocycles. The Bertz CT molecular complexity index is 526. The van der Waals surface area contributed by atoms with Crippen LogP contribution in [-0.2, 0) is 11.2 Å². The summed E-state index contributed by atoms with van der Waals surface area (Å²) in [5, 5.41) is 14.3. The number of likely N-dealkylation sites (tertiary alicyclic amines) is 1. The van der Waals surface area contributed by atoms with Gasteiger partial charge in [-0.05, 0) is 43.6 Å². The fourth-order valence-corrected chi connectivity index (χ4v) is 4.07. The molecular formula is C15H23N3O3S. The zero-order chi connectivity index (χ0) is 15.6. The van der Waals surface area contributed by atoms with Crippen LogP contribution in [0.25, 0.3) is 0 Å². The molecule has 1 spiro atoms. The third kappa shape index (κ3) is 2.89. The molecule has 1 atom stereocenters. The number of aliphatic hydroxyl groups excluding tert-OH is 1. The fraction of sp³-hybridized carbons (Fsp3) is 0.800. The van der Waals surface area contributed by atoms with Crippen LogP contribution in [0.3, 0.4) is 0 Å². The van der Waals surface area contributed by atoms with Gasteiger partial charge in [-0.3, -0.25) is 4.79 Å². The third-order valence-electron chi connectivity index (χ3n) is 4.75. The molecule has 1 aromatic heterocycles. The number of rotatable bonds is 3. The molecule has 0 aromatic carbocycles. The molecular weight excluding hydrogens is 302 g/mol. The quantitative estimate of drug-likeness (QED) is 0.914. The maximum atomic E-state index is 12.7. The maximum absolute atomic E-state index is 12.7. The van der Waals surface area contributed by atoms with Gasteiger partial charge in [0.2, 0.25) is 0 Å². The van der Waals surface area contributed by atoms with Crippen LogP contribution >= 0.6 is 11.5 Å². The lowest BCUT2D eigenvalue weighted by Crippen LogP contribution is -2.56. The second-order valence-corrected chi connectivity index (χ2v) is 6.92. The van der Waals surface area contributed by atoms with Crippen molar-refractivity contribution in [2.24, 2.45) is 0 Å². The summed E-state index contributed by atoms with van der Waals surface area (Å²) in [5.41, 5.74) is 0.375. The highest BCUT2D eigenvalue weighted by molar-refractivity contribution is 7.08. The lowest BCUT2D eigenvalue weighted by atomic mass is 9.82. The van der Waals surface area contributed by atoms with E-state index in [4.69, 9.17) is 4.74 Å². The second-order valence-electron chi connectivity index (χ2n) is 6.16. The van der Waals surface area contributed by atoms with E-state index in [1.54, 1.807) is 0 Å². The number of aryl methyl sites for hydroxylation is 1. The Morgan fingerprint density at radius 3 is 2.95 bits per heavy atom. The summed E-state index contributed by atoms with van der Waals surface area (Å²) in [6, 6.07) is 0. The predicted octanol–water partition coefficient (Wildman–Crippen LogP) is 1.64. The number of aromatic nitrogens is 2. The Balaban J connectivity index is 1.65. The molecule has 7 heteroatoms. The maximum Gasteiger partial charge on any atom is 0.267 e. The van der Waals surface area contributed by atoms with Crippen molar-refractivity contribution in [2.45, 2.75) is 57.2 Å². The zero-order valence-electron chi connectivity index (χ0n) is 13.0. The summed E-state index contributed by atoms with van der Waals surface area (Å²) in [6.07, 6.45) is 4.46. The largest absolute Gasteiger partial charge is 0.390 e. The van der Waals surface area contributed by atoms with Crippen LogP contribution in [0, 0.1) is 0 Å². The Morgan fingerprint density at radius 1 is 1.50 bits per heavy atom. The highest BCUT2D eigenvalue weighted by atomic mass is 32.1. The van der Waals surface area contributed by atoms with E-state index in [9.17, 15) is 9.90 Å². The van der Waals surface area contributed by atoms with Gasteiger partial charge in [0.15, 0.2) is 0 Å². The van der Waals surface area contributed by atoms with Crippen LogP contribution in [0.15, 0.2) is 0 Å². The van der Waals surface area contributed by atoms with Crippen LogP contribution in [0.4, 0.5) is 0 Å². The average Bonchev–Trinajstić information content (AvgIpc) is 2.99. The summed E-state index contributed by atoms with van der Waals surface area (Å²) >= 11 is 1.19. The van der Waals surface area contributed by atoms with E-state index in [-0.39, 0.29) is 5.91 Å². The molecule has 1 aromatic rings. The molecule has 3 rings (SSSR count). The molecule has 2 saturated heterocycles. The van der Waals surface area contributed by atoms with Crippen LogP contribution in [-0.4, -0.2) is 56.9 Å². The van der Waals surface area contributed by atoms with E-state index in [2.05, 4.69) is 16.5 Å².